The fourth-order valence-corrected chi connectivity index (χ4v) is 2.42. The van der Waals surface area contributed by atoms with E-state index in [9.17, 15) is 4.79 Å². The molecule has 1 saturated carbocycles. The summed E-state index contributed by atoms with van der Waals surface area (Å²) < 4.78 is 6.73. The first-order chi connectivity index (χ1) is 8.79. The van der Waals surface area contributed by atoms with Crippen LogP contribution in [0.1, 0.15) is 50.3 Å². The van der Waals surface area contributed by atoms with Crippen molar-refractivity contribution < 1.29 is 9.53 Å². The monoisotopic (exact) mass is 248 g/mol. The Morgan fingerprint density at radius 1 is 1.39 bits per heavy atom. The lowest BCUT2D eigenvalue weighted by atomic mass is 10.1. The van der Waals surface area contributed by atoms with Crippen LogP contribution in [0.4, 0.5) is 0 Å². The molecule has 1 heterocycles. The third-order valence-electron chi connectivity index (χ3n) is 3.46. The van der Waals surface area contributed by atoms with Crippen molar-refractivity contribution in [3.63, 3.8) is 0 Å². The molecule has 1 aromatic rings. The first-order valence-electron chi connectivity index (χ1n) is 6.59. The van der Waals surface area contributed by atoms with Crippen LogP contribution in [0.15, 0.2) is 18.6 Å². The van der Waals surface area contributed by atoms with E-state index in [0.717, 1.165) is 5.69 Å². The van der Waals surface area contributed by atoms with Gasteiger partial charge in [-0.25, -0.2) is 9.78 Å². The van der Waals surface area contributed by atoms with Gasteiger partial charge < -0.3 is 9.30 Å². The number of rotatable bonds is 3. The highest BCUT2D eigenvalue weighted by atomic mass is 16.5. The van der Waals surface area contributed by atoms with Crippen molar-refractivity contribution in [3.05, 3.63) is 24.3 Å². The van der Waals surface area contributed by atoms with Crippen LogP contribution < -0.4 is 0 Å². The number of hydrogen-bond acceptors (Lipinski definition) is 3. The van der Waals surface area contributed by atoms with Crippen molar-refractivity contribution >= 4 is 12.0 Å². The van der Waals surface area contributed by atoms with Gasteiger partial charge >= 0.3 is 5.97 Å². The lowest BCUT2D eigenvalue weighted by Gasteiger charge is -2.14. The molecule has 0 radical (unpaired) electrons. The number of carbonyl (C=O) groups excluding carboxylic acids is 1. The molecule has 2 rings (SSSR count). The van der Waals surface area contributed by atoms with E-state index >= 15 is 0 Å². The zero-order valence-corrected chi connectivity index (χ0v) is 10.8. The maximum Gasteiger partial charge on any atom is 0.330 e. The van der Waals surface area contributed by atoms with Crippen molar-refractivity contribution in [3.8, 4) is 0 Å². The van der Waals surface area contributed by atoms with E-state index in [-0.39, 0.29) is 5.97 Å². The van der Waals surface area contributed by atoms with Crippen molar-refractivity contribution in [2.75, 3.05) is 7.11 Å². The van der Waals surface area contributed by atoms with Gasteiger partial charge in [0.25, 0.3) is 0 Å². The van der Waals surface area contributed by atoms with E-state index in [2.05, 4.69) is 14.3 Å². The Labute approximate surface area is 108 Å². The van der Waals surface area contributed by atoms with E-state index in [1.165, 1.54) is 51.7 Å². The SMILES string of the molecule is COC(=O)/C=C/c1cn(C2CCCCCC2)cn1. The van der Waals surface area contributed by atoms with Gasteiger partial charge in [0.1, 0.15) is 0 Å². The Hall–Kier alpha value is -1.58. The van der Waals surface area contributed by atoms with Crippen LogP contribution >= 0.6 is 0 Å². The van der Waals surface area contributed by atoms with Gasteiger partial charge in [0, 0.05) is 18.3 Å². The standard InChI is InChI=1S/C14H20N2O2/c1-18-14(17)9-8-12-10-16(11-15-12)13-6-4-2-3-5-7-13/h8-11,13H,2-7H2,1H3/b9-8+. The topological polar surface area (TPSA) is 44.1 Å². The average Bonchev–Trinajstić information content (AvgIpc) is 2.69. The summed E-state index contributed by atoms with van der Waals surface area (Å²) in [4.78, 5) is 15.3. The Kier molecular flexibility index (Phi) is 4.56. The lowest BCUT2D eigenvalue weighted by Crippen LogP contribution is -2.05. The van der Waals surface area contributed by atoms with Gasteiger partial charge in [-0.2, -0.15) is 0 Å². The number of aromatic nitrogens is 2. The van der Waals surface area contributed by atoms with E-state index in [0.29, 0.717) is 6.04 Å². The molecule has 0 unspecified atom stereocenters. The van der Waals surface area contributed by atoms with E-state index in [1.807, 2.05) is 12.5 Å². The number of esters is 1. The second kappa shape index (κ2) is 6.38. The molecule has 4 heteroatoms. The summed E-state index contributed by atoms with van der Waals surface area (Å²) in [5.41, 5.74) is 0.810. The van der Waals surface area contributed by atoms with Crippen LogP contribution in [-0.2, 0) is 9.53 Å². The average molecular weight is 248 g/mol. The predicted molar refractivity (Wildman–Crippen MR) is 70.0 cm³/mol. The molecular formula is C14H20N2O2. The summed E-state index contributed by atoms with van der Waals surface area (Å²) in [6, 6.07) is 0.570. The molecule has 0 spiro atoms. The van der Waals surface area contributed by atoms with Gasteiger partial charge in [0.15, 0.2) is 0 Å². The molecule has 0 N–H and O–H groups in total. The number of hydrogen-bond donors (Lipinski definition) is 0. The van der Waals surface area contributed by atoms with Gasteiger partial charge in [-0.1, -0.05) is 25.7 Å². The minimum absolute atomic E-state index is 0.348. The molecule has 1 aliphatic carbocycles. The molecule has 18 heavy (non-hydrogen) atoms. The fraction of sp³-hybridized carbons (Fsp3) is 0.571. The highest BCUT2D eigenvalue weighted by Crippen LogP contribution is 2.27. The smallest absolute Gasteiger partial charge is 0.330 e. The van der Waals surface area contributed by atoms with Gasteiger partial charge in [-0.05, 0) is 18.9 Å². The first-order valence-corrected chi connectivity index (χ1v) is 6.59. The Bertz CT molecular complexity index is 415. The van der Waals surface area contributed by atoms with Crippen LogP contribution in [0.25, 0.3) is 6.08 Å². The molecule has 0 atom stereocenters. The van der Waals surface area contributed by atoms with Crippen LogP contribution in [0, 0.1) is 0 Å². The Balaban J connectivity index is 2.00. The molecule has 0 aliphatic heterocycles. The number of nitrogens with zero attached hydrogens (tertiary/aromatic N) is 2. The van der Waals surface area contributed by atoms with Crippen LogP contribution in [0.2, 0.25) is 0 Å². The summed E-state index contributed by atoms with van der Waals surface area (Å²) in [6.45, 7) is 0. The molecule has 1 fully saturated rings. The maximum absolute atomic E-state index is 11.0. The molecule has 0 bridgehead atoms. The summed E-state index contributed by atoms with van der Waals surface area (Å²) >= 11 is 0. The van der Waals surface area contributed by atoms with Crippen LogP contribution in [0.3, 0.4) is 0 Å². The van der Waals surface area contributed by atoms with E-state index in [1.54, 1.807) is 6.08 Å². The second-order valence-corrected chi connectivity index (χ2v) is 4.75. The van der Waals surface area contributed by atoms with Gasteiger partial charge in [-0.3, -0.25) is 0 Å². The molecule has 0 amide bonds. The number of ether oxygens (including phenoxy) is 1. The Morgan fingerprint density at radius 2 is 2.11 bits per heavy atom. The van der Waals surface area contributed by atoms with Crippen molar-refractivity contribution in [2.24, 2.45) is 0 Å². The summed E-state index contributed by atoms with van der Waals surface area (Å²) in [6.07, 6.45) is 14.7. The van der Waals surface area contributed by atoms with Crippen molar-refractivity contribution in [2.45, 2.75) is 44.6 Å². The van der Waals surface area contributed by atoms with Crippen LogP contribution in [0.5, 0.6) is 0 Å². The molecule has 98 valence electrons. The van der Waals surface area contributed by atoms with Gasteiger partial charge in [-0.15, -0.1) is 0 Å². The normalized spacial score (nSPS) is 17.8. The third kappa shape index (κ3) is 3.45. The number of imidazole rings is 1. The van der Waals surface area contributed by atoms with Crippen molar-refractivity contribution in [1.29, 1.82) is 0 Å². The second-order valence-electron chi connectivity index (χ2n) is 4.75. The lowest BCUT2D eigenvalue weighted by molar-refractivity contribution is -0.134. The minimum Gasteiger partial charge on any atom is -0.466 e. The molecular weight excluding hydrogens is 228 g/mol. The number of carbonyl (C=O) groups is 1. The first kappa shape index (κ1) is 12.9. The number of methoxy groups -OCH3 is 1. The molecule has 0 aromatic carbocycles. The summed E-state index contributed by atoms with van der Waals surface area (Å²) in [5, 5.41) is 0. The quantitative estimate of drug-likeness (QED) is 0.469. The highest BCUT2D eigenvalue weighted by molar-refractivity contribution is 5.86. The molecule has 1 aromatic heterocycles. The van der Waals surface area contributed by atoms with Crippen LogP contribution in [-0.4, -0.2) is 22.6 Å². The van der Waals surface area contributed by atoms with E-state index < -0.39 is 0 Å². The Morgan fingerprint density at radius 3 is 2.78 bits per heavy atom. The minimum atomic E-state index is -0.348. The van der Waals surface area contributed by atoms with Gasteiger partial charge in [0.2, 0.25) is 0 Å². The van der Waals surface area contributed by atoms with E-state index in [4.69, 9.17) is 0 Å². The summed E-state index contributed by atoms with van der Waals surface area (Å²) in [7, 11) is 1.37. The molecule has 0 saturated heterocycles. The van der Waals surface area contributed by atoms with Crippen molar-refractivity contribution in [1.82, 2.24) is 9.55 Å². The largest absolute Gasteiger partial charge is 0.466 e. The molecule has 4 nitrogen and oxygen atoms in total. The third-order valence-corrected chi connectivity index (χ3v) is 3.46. The molecule has 1 aliphatic rings. The zero-order chi connectivity index (χ0) is 12.8. The van der Waals surface area contributed by atoms with Gasteiger partial charge in [0.05, 0.1) is 19.1 Å². The highest BCUT2D eigenvalue weighted by Gasteiger charge is 2.13. The predicted octanol–water partition coefficient (Wildman–Crippen LogP) is 2.96. The zero-order valence-electron chi connectivity index (χ0n) is 10.8. The maximum atomic E-state index is 11.0. The fourth-order valence-electron chi connectivity index (χ4n) is 2.42. The summed E-state index contributed by atoms with van der Waals surface area (Å²) in [5.74, 6) is -0.348.